The minimum absolute atomic E-state index is 0.134. The lowest BCUT2D eigenvalue weighted by Crippen LogP contribution is -2.22. The molecule has 6 N–H and O–H groups in total. The largest absolute Gasteiger partial charge is 0.478 e. The fourth-order valence-corrected chi connectivity index (χ4v) is 3.76. The van der Waals surface area contributed by atoms with E-state index in [2.05, 4.69) is 10.3 Å². The molecule has 3 heterocycles. The van der Waals surface area contributed by atoms with Gasteiger partial charge in [0.05, 0.1) is 27.7 Å². The Labute approximate surface area is 155 Å². The second kappa shape index (κ2) is 8.60. The number of carbonyl (C=O) groups is 2. The zero-order valence-corrected chi connectivity index (χ0v) is 15.6. The first-order valence-corrected chi connectivity index (χ1v) is 9.54. The van der Waals surface area contributed by atoms with E-state index < -0.39 is 5.97 Å². The number of carboxylic acid groups (broad SMARTS) is 1. The molecule has 0 fully saturated rings. The van der Waals surface area contributed by atoms with Crippen LogP contribution in [-0.2, 0) is 6.54 Å². The Bertz CT molecular complexity index is 869. The number of nitrogen functional groups attached to an aromatic ring is 2. The molecule has 0 aliphatic heterocycles. The molecule has 132 valence electrons. The number of aromatic nitrogens is 1. The number of aromatic carboxylic acids is 1. The summed E-state index contributed by atoms with van der Waals surface area (Å²) in [6.07, 6.45) is 1.78. The number of nitrogens with one attached hydrogen (secondary N) is 1. The summed E-state index contributed by atoms with van der Waals surface area (Å²) in [7, 11) is 0. The minimum atomic E-state index is -0.964. The van der Waals surface area contributed by atoms with Crippen LogP contribution < -0.4 is 16.8 Å². The molecule has 0 unspecified atom stereocenters. The quantitative estimate of drug-likeness (QED) is 0.536. The molecule has 3 rings (SSSR count). The zero-order chi connectivity index (χ0) is 18.4. The standard InChI is InChI=1S/C10H11N3OS2.C5H5NO2S/c1-6-12-4-7(16-6)5-13-10(14)8-2-3-15-9(8)11;6-4-3(5(7)8)1-2-9-4/h2-4H,5,11H2,1H3,(H,13,14);1-2H,6H2,(H,7,8). The lowest BCUT2D eigenvalue weighted by molar-refractivity contribution is 0.0698. The van der Waals surface area contributed by atoms with Crippen LogP contribution in [0.2, 0.25) is 0 Å². The highest BCUT2D eigenvalue weighted by Crippen LogP contribution is 2.19. The number of thiophene rings is 2. The maximum absolute atomic E-state index is 11.7. The van der Waals surface area contributed by atoms with Crippen LogP contribution in [0.3, 0.4) is 0 Å². The first kappa shape index (κ1) is 18.9. The molecule has 0 aliphatic carbocycles. The molecule has 0 atom stereocenters. The number of aryl methyl sites for hydroxylation is 1. The zero-order valence-electron chi connectivity index (χ0n) is 13.2. The van der Waals surface area contributed by atoms with Crippen LogP contribution in [0.4, 0.5) is 10.0 Å². The second-order valence-electron chi connectivity index (χ2n) is 4.73. The highest BCUT2D eigenvalue weighted by atomic mass is 32.1. The number of carboxylic acids is 1. The Morgan fingerprint density at radius 2 is 1.76 bits per heavy atom. The van der Waals surface area contributed by atoms with E-state index in [1.54, 1.807) is 34.4 Å². The Hall–Kier alpha value is -2.43. The van der Waals surface area contributed by atoms with Crippen LogP contribution in [0.25, 0.3) is 0 Å². The Balaban J connectivity index is 0.000000212. The van der Waals surface area contributed by atoms with Crippen molar-refractivity contribution in [1.29, 1.82) is 0 Å². The first-order valence-electron chi connectivity index (χ1n) is 6.97. The predicted molar refractivity (Wildman–Crippen MR) is 102 cm³/mol. The maximum atomic E-state index is 11.7. The van der Waals surface area contributed by atoms with Gasteiger partial charge in [-0.25, -0.2) is 9.78 Å². The van der Waals surface area contributed by atoms with E-state index in [0.717, 1.165) is 9.88 Å². The fraction of sp³-hybridized carbons (Fsp3) is 0.133. The van der Waals surface area contributed by atoms with Crippen LogP contribution in [0.1, 0.15) is 30.6 Å². The highest BCUT2D eigenvalue weighted by molar-refractivity contribution is 7.14. The number of hydrogen-bond donors (Lipinski definition) is 4. The summed E-state index contributed by atoms with van der Waals surface area (Å²) in [5.41, 5.74) is 11.7. The molecule has 0 aromatic carbocycles. The van der Waals surface area contributed by atoms with E-state index in [0.29, 0.717) is 22.1 Å². The molecular formula is C15H16N4O3S3. The van der Waals surface area contributed by atoms with Crippen molar-refractivity contribution in [2.24, 2.45) is 0 Å². The molecule has 3 aromatic heterocycles. The van der Waals surface area contributed by atoms with E-state index in [9.17, 15) is 9.59 Å². The van der Waals surface area contributed by atoms with E-state index in [1.807, 2.05) is 6.92 Å². The van der Waals surface area contributed by atoms with Gasteiger partial charge in [0.15, 0.2) is 0 Å². The van der Waals surface area contributed by atoms with Crippen molar-refractivity contribution in [2.45, 2.75) is 13.5 Å². The molecular weight excluding hydrogens is 380 g/mol. The van der Waals surface area contributed by atoms with Gasteiger partial charge in [0.1, 0.15) is 5.00 Å². The molecule has 0 spiro atoms. The topological polar surface area (TPSA) is 131 Å². The van der Waals surface area contributed by atoms with Gasteiger partial charge in [0.2, 0.25) is 0 Å². The summed E-state index contributed by atoms with van der Waals surface area (Å²) < 4.78 is 0. The van der Waals surface area contributed by atoms with Gasteiger partial charge >= 0.3 is 5.97 Å². The van der Waals surface area contributed by atoms with Gasteiger partial charge in [0, 0.05) is 11.1 Å². The normalized spacial score (nSPS) is 9.96. The number of nitrogens with two attached hydrogens (primary N) is 2. The van der Waals surface area contributed by atoms with E-state index in [4.69, 9.17) is 16.6 Å². The Kier molecular flexibility index (Phi) is 6.51. The van der Waals surface area contributed by atoms with Gasteiger partial charge in [-0.3, -0.25) is 4.79 Å². The molecule has 0 saturated carbocycles. The third-order valence-electron chi connectivity index (χ3n) is 2.96. The minimum Gasteiger partial charge on any atom is -0.478 e. The highest BCUT2D eigenvalue weighted by Gasteiger charge is 2.10. The molecule has 7 nitrogen and oxygen atoms in total. The summed E-state index contributed by atoms with van der Waals surface area (Å²) in [4.78, 5) is 27.1. The predicted octanol–water partition coefficient (Wildman–Crippen LogP) is 3.05. The SMILES string of the molecule is Cc1ncc(CNC(=O)c2ccsc2N)s1.Nc1sccc1C(=O)O. The number of amides is 1. The van der Waals surface area contributed by atoms with Crippen molar-refractivity contribution in [1.82, 2.24) is 10.3 Å². The Morgan fingerprint density at radius 1 is 1.16 bits per heavy atom. The summed E-state index contributed by atoms with van der Waals surface area (Å²) in [5, 5.41) is 16.6. The molecule has 1 amide bonds. The maximum Gasteiger partial charge on any atom is 0.338 e. The van der Waals surface area contributed by atoms with Crippen LogP contribution in [0.5, 0.6) is 0 Å². The number of hydrogen-bond acceptors (Lipinski definition) is 8. The fourth-order valence-electron chi connectivity index (χ4n) is 1.76. The number of thiazole rings is 1. The lowest BCUT2D eigenvalue weighted by Gasteiger charge is -2.01. The van der Waals surface area contributed by atoms with Gasteiger partial charge < -0.3 is 21.9 Å². The van der Waals surface area contributed by atoms with Gasteiger partial charge in [-0.1, -0.05) is 0 Å². The van der Waals surface area contributed by atoms with Crippen LogP contribution in [0.15, 0.2) is 29.1 Å². The summed E-state index contributed by atoms with van der Waals surface area (Å²) >= 11 is 4.17. The monoisotopic (exact) mass is 396 g/mol. The second-order valence-corrected chi connectivity index (χ2v) is 7.95. The smallest absolute Gasteiger partial charge is 0.338 e. The Morgan fingerprint density at radius 3 is 2.16 bits per heavy atom. The summed E-state index contributed by atoms with van der Waals surface area (Å²) in [6.45, 7) is 2.44. The molecule has 0 saturated heterocycles. The molecule has 0 radical (unpaired) electrons. The van der Waals surface area contributed by atoms with Crippen molar-refractivity contribution >= 4 is 55.9 Å². The number of rotatable bonds is 4. The van der Waals surface area contributed by atoms with Crippen LogP contribution >= 0.6 is 34.0 Å². The van der Waals surface area contributed by atoms with Gasteiger partial charge in [-0.15, -0.1) is 34.0 Å². The average molecular weight is 397 g/mol. The summed E-state index contributed by atoms with van der Waals surface area (Å²) in [5.74, 6) is -1.10. The summed E-state index contributed by atoms with van der Waals surface area (Å²) in [6, 6.07) is 3.22. The van der Waals surface area contributed by atoms with E-state index in [-0.39, 0.29) is 11.5 Å². The molecule has 3 aromatic rings. The lowest BCUT2D eigenvalue weighted by atomic mass is 10.3. The van der Waals surface area contributed by atoms with E-state index >= 15 is 0 Å². The molecule has 0 bridgehead atoms. The number of anilines is 2. The van der Waals surface area contributed by atoms with Crippen molar-refractivity contribution in [3.8, 4) is 0 Å². The van der Waals surface area contributed by atoms with Gasteiger partial charge in [-0.2, -0.15) is 0 Å². The molecule has 10 heteroatoms. The van der Waals surface area contributed by atoms with Crippen LogP contribution in [-0.4, -0.2) is 22.0 Å². The van der Waals surface area contributed by atoms with Crippen molar-refractivity contribution in [3.05, 3.63) is 50.1 Å². The third kappa shape index (κ3) is 5.28. The van der Waals surface area contributed by atoms with Gasteiger partial charge in [0.25, 0.3) is 5.91 Å². The molecule has 25 heavy (non-hydrogen) atoms. The van der Waals surface area contributed by atoms with E-state index in [1.165, 1.54) is 28.7 Å². The molecule has 0 aliphatic rings. The number of carbonyl (C=O) groups excluding carboxylic acids is 1. The van der Waals surface area contributed by atoms with Crippen molar-refractivity contribution in [2.75, 3.05) is 11.5 Å². The van der Waals surface area contributed by atoms with Crippen LogP contribution in [0, 0.1) is 6.92 Å². The van der Waals surface area contributed by atoms with Crippen molar-refractivity contribution in [3.63, 3.8) is 0 Å². The van der Waals surface area contributed by atoms with Crippen molar-refractivity contribution < 1.29 is 14.7 Å². The average Bonchev–Trinajstić information content (AvgIpc) is 3.27. The number of nitrogens with zero attached hydrogens (tertiary/aromatic N) is 1. The third-order valence-corrected chi connectivity index (χ3v) is 5.36. The van der Waals surface area contributed by atoms with Gasteiger partial charge in [-0.05, 0) is 29.8 Å². The first-order chi connectivity index (χ1) is 11.9.